The number of methoxy groups -OCH3 is 1. The third-order valence-electron chi connectivity index (χ3n) is 3.26. The number of rotatable bonds is 4. The summed E-state index contributed by atoms with van der Waals surface area (Å²) in [5.41, 5.74) is 7.97. The molecule has 0 aliphatic carbocycles. The number of aryl methyl sites for hydroxylation is 1. The smallest absolute Gasteiger partial charge is 0.237 e. The van der Waals surface area contributed by atoms with Gasteiger partial charge in [0.15, 0.2) is 5.65 Å². The van der Waals surface area contributed by atoms with Gasteiger partial charge in [0.25, 0.3) is 0 Å². The monoisotopic (exact) mass is 348 g/mol. The number of nitrogens with zero attached hydrogens (tertiary/aromatic N) is 6. The zero-order valence-electron chi connectivity index (χ0n) is 13.1. The average molecular weight is 348 g/mol. The molecule has 0 saturated heterocycles. The van der Waals surface area contributed by atoms with E-state index in [1.165, 1.54) is 20.5 Å². The van der Waals surface area contributed by atoms with Crippen LogP contribution in [0.1, 0.15) is 0 Å². The lowest BCUT2D eigenvalue weighted by atomic mass is 10.1. The van der Waals surface area contributed by atoms with E-state index in [0.717, 1.165) is 0 Å². The molecule has 0 spiro atoms. The van der Waals surface area contributed by atoms with Crippen LogP contribution in [-0.2, 0) is 26.3 Å². The van der Waals surface area contributed by atoms with Crippen molar-refractivity contribution < 1.29 is 13.1 Å². The lowest BCUT2D eigenvalue weighted by Gasteiger charge is -2.08. The van der Waals surface area contributed by atoms with Crippen molar-refractivity contribution in [3.8, 4) is 17.1 Å². The van der Waals surface area contributed by atoms with E-state index in [4.69, 9.17) is 10.5 Å². The number of pyridine rings is 1. The van der Waals surface area contributed by atoms with Gasteiger partial charge in [0.2, 0.25) is 5.88 Å². The third kappa shape index (κ3) is 2.74. The number of nitrogens with two attached hydrogens (primary N) is 1. The Bertz CT molecular complexity index is 995. The third-order valence-corrected chi connectivity index (χ3v) is 3.90. The van der Waals surface area contributed by atoms with Crippen LogP contribution in [0.2, 0.25) is 0 Å². The van der Waals surface area contributed by atoms with Crippen molar-refractivity contribution >= 4 is 33.4 Å². The molecule has 0 aliphatic heterocycles. The van der Waals surface area contributed by atoms with Crippen molar-refractivity contribution in [3.05, 3.63) is 18.6 Å². The number of hydrogen-bond acceptors (Lipinski definition) is 10. The van der Waals surface area contributed by atoms with Crippen LogP contribution >= 0.6 is 0 Å². The van der Waals surface area contributed by atoms with E-state index in [-0.39, 0.29) is 11.6 Å². The van der Waals surface area contributed by atoms with Gasteiger partial charge >= 0.3 is 0 Å². The van der Waals surface area contributed by atoms with E-state index in [2.05, 4.69) is 28.6 Å². The predicted octanol–water partition coefficient (Wildman–Crippen LogP) is 1.36. The molecule has 0 aliphatic rings. The number of nitrogen functional groups attached to an aromatic ring is 1. The van der Waals surface area contributed by atoms with Crippen molar-refractivity contribution in [3.63, 3.8) is 0 Å². The first-order valence-corrected chi connectivity index (χ1v) is 7.74. The van der Waals surface area contributed by atoms with Gasteiger partial charge < -0.3 is 23.2 Å². The summed E-state index contributed by atoms with van der Waals surface area (Å²) in [5.74, 6) is 0.520. The second-order valence-corrected chi connectivity index (χ2v) is 5.61. The predicted molar refractivity (Wildman–Crippen MR) is 87.6 cm³/mol. The van der Waals surface area contributed by atoms with Crippen molar-refractivity contribution in [1.82, 2.24) is 24.7 Å². The molecule has 0 bridgehead atoms. The van der Waals surface area contributed by atoms with Crippen LogP contribution in [0.5, 0.6) is 5.88 Å². The van der Waals surface area contributed by atoms with Crippen LogP contribution in [0, 0.1) is 0 Å². The normalized spacial score (nSPS) is 12.6. The first-order valence-electron chi connectivity index (χ1n) is 6.70. The molecule has 3 aromatic heterocycles. The Hall–Kier alpha value is -2.79. The fourth-order valence-corrected chi connectivity index (χ4v) is 2.59. The molecule has 0 amide bonds. The summed E-state index contributed by atoms with van der Waals surface area (Å²) in [6, 6.07) is 1.64. The molecule has 0 fully saturated rings. The van der Waals surface area contributed by atoms with Crippen molar-refractivity contribution in [2.24, 2.45) is 11.4 Å². The van der Waals surface area contributed by atoms with Crippen LogP contribution in [0.4, 0.5) is 11.5 Å². The van der Waals surface area contributed by atoms with E-state index in [1.807, 2.05) is 0 Å². The van der Waals surface area contributed by atoms with Crippen molar-refractivity contribution in [2.45, 2.75) is 0 Å². The molecule has 3 rings (SSSR count). The molecule has 0 radical (unpaired) electrons. The molecular formula is C13H14N7O3S-. The van der Waals surface area contributed by atoms with E-state index in [9.17, 15) is 4.21 Å². The molecule has 0 saturated carbocycles. The number of hydrogen-bond donors (Lipinski definition) is 1. The zero-order valence-corrected chi connectivity index (χ0v) is 13.9. The standard InChI is InChI=1S/C13H14N7O3S/c1-20-12-9(11(14)16-6-17-12)10(18-20)7-4-8(19-24(21)23-3)13(22-2)15-5-7/h4-6H,1-3H3,(H2,14,16,17)/q-1. The highest BCUT2D eigenvalue weighted by Crippen LogP contribution is 2.34. The fourth-order valence-electron chi connectivity index (χ4n) is 2.22. The first-order chi connectivity index (χ1) is 11.5. The maximum absolute atomic E-state index is 11.5. The van der Waals surface area contributed by atoms with E-state index in [0.29, 0.717) is 28.1 Å². The first kappa shape index (κ1) is 16.1. The van der Waals surface area contributed by atoms with Crippen molar-refractivity contribution in [1.29, 1.82) is 0 Å². The zero-order chi connectivity index (χ0) is 17.3. The molecule has 24 heavy (non-hydrogen) atoms. The Morgan fingerprint density at radius 1 is 1.29 bits per heavy atom. The maximum atomic E-state index is 11.5. The molecule has 3 heterocycles. The lowest BCUT2D eigenvalue weighted by Crippen LogP contribution is -1.95. The summed E-state index contributed by atoms with van der Waals surface area (Å²) in [4.78, 5) is 12.3. The summed E-state index contributed by atoms with van der Waals surface area (Å²) in [7, 11) is 2.63. The number of anilines is 1. The van der Waals surface area contributed by atoms with Crippen molar-refractivity contribution in [2.75, 3.05) is 20.0 Å². The molecular weight excluding hydrogens is 334 g/mol. The minimum atomic E-state index is -1.85. The second kappa shape index (κ2) is 6.37. The molecule has 0 aromatic carbocycles. The number of ether oxygens (including phenoxy) is 1. The Kier molecular flexibility index (Phi) is 4.27. The highest BCUT2D eigenvalue weighted by Gasteiger charge is 2.16. The molecule has 11 heteroatoms. The van der Waals surface area contributed by atoms with Gasteiger partial charge in [0.1, 0.15) is 23.5 Å². The average Bonchev–Trinajstić information content (AvgIpc) is 2.93. The minimum Gasteiger partial charge on any atom is -0.480 e. The molecule has 0 unspecified atom stereocenters. The highest BCUT2D eigenvalue weighted by molar-refractivity contribution is 7.69. The van der Waals surface area contributed by atoms with Gasteiger partial charge in [-0.2, -0.15) is 5.10 Å². The Labute approximate surface area is 139 Å². The van der Waals surface area contributed by atoms with Crippen LogP contribution in [0.3, 0.4) is 0 Å². The Balaban J connectivity index is 2.24. The van der Waals surface area contributed by atoms with Gasteiger partial charge in [-0.15, -0.1) is 0 Å². The molecule has 126 valence electrons. The van der Waals surface area contributed by atoms with Gasteiger partial charge in [-0.3, -0.25) is 0 Å². The topological polar surface area (TPSA) is 130 Å². The number of aromatic nitrogens is 5. The Morgan fingerprint density at radius 3 is 2.79 bits per heavy atom. The van der Waals surface area contributed by atoms with Gasteiger partial charge in [-0.1, -0.05) is 10.9 Å². The molecule has 2 N–H and O–H groups in total. The van der Waals surface area contributed by atoms with Gasteiger partial charge in [-0.05, 0) is 6.07 Å². The van der Waals surface area contributed by atoms with E-state index >= 15 is 0 Å². The SMILES string of the molecule is COc1ncc(-c2nn(C)c3ncnc(N)c23)cc1N=[S-](=O)OC. The van der Waals surface area contributed by atoms with Crippen LogP contribution in [0.15, 0.2) is 23.0 Å². The molecule has 0 atom stereocenters. The molecule has 3 aromatic rings. The summed E-state index contributed by atoms with van der Waals surface area (Å²) in [5, 5.41) is 5.02. The summed E-state index contributed by atoms with van der Waals surface area (Å²) >= 11 is 0. The Morgan fingerprint density at radius 2 is 2.08 bits per heavy atom. The van der Waals surface area contributed by atoms with E-state index in [1.54, 1.807) is 24.0 Å². The summed E-state index contributed by atoms with van der Waals surface area (Å²) in [6.45, 7) is 0. The van der Waals surface area contributed by atoms with E-state index < -0.39 is 10.9 Å². The van der Waals surface area contributed by atoms with Crippen LogP contribution in [-0.4, -0.2) is 39.0 Å². The minimum absolute atomic E-state index is 0.216. The second-order valence-electron chi connectivity index (χ2n) is 4.66. The largest absolute Gasteiger partial charge is 0.480 e. The fraction of sp³-hybridized carbons (Fsp3) is 0.231. The highest BCUT2D eigenvalue weighted by atomic mass is 32.2. The number of fused-ring (bicyclic) bond motifs is 1. The van der Waals surface area contributed by atoms with Crippen LogP contribution < -0.4 is 10.5 Å². The summed E-state index contributed by atoms with van der Waals surface area (Å²) in [6.07, 6.45) is 2.93. The van der Waals surface area contributed by atoms with Gasteiger partial charge in [0, 0.05) is 25.9 Å². The summed E-state index contributed by atoms with van der Waals surface area (Å²) < 4.78 is 26.8. The lowest BCUT2D eigenvalue weighted by molar-refractivity contribution is 0.399. The molecule has 10 nitrogen and oxygen atoms in total. The maximum Gasteiger partial charge on any atom is 0.237 e. The quantitative estimate of drug-likeness (QED) is 0.699. The van der Waals surface area contributed by atoms with Crippen LogP contribution in [0.25, 0.3) is 22.3 Å². The van der Waals surface area contributed by atoms with Gasteiger partial charge in [0.05, 0.1) is 12.5 Å². The van der Waals surface area contributed by atoms with Gasteiger partial charge in [-0.25, -0.2) is 19.6 Å².